The van der Waals surface area contributed by atoms with Gasteiger partial charge in [-0.05, 0) is 43.4 Å². The Hall–Kier alpha value is -0.850. The first-order chi connectivity index (χ1) is 6.75. The van der Waals surface area contributed by atoms with E-state index in [1.807, 2.05) is 6.20 Å². The molecule has 1 heterocycles. The minimum Gasteiger partial charge on any atom is -0.261 e. The third-order valence-electron chi connectivity index (χ3n) is 3.33. The largest absolute Gasteiger partial charge is 0.261 e. The smallest absolute Gasteiger partial charge is 0.0375 e. The molecule has 0 amide bonds. The lowest BCUT2D eigenvalue weighted by Gasteiger charge is -2.11. The molecule has 2 rings (SSSR count). The molecule has 1 nitrogen and oxygen atoms in total. The summed E-state index contributed by atoms with van der Waals surface area (Å²) in [6, 6.07) is 2.26. The fourth-order valence-corrected chi connectivity index (χ4v) is 2.43. The van der Waals surface area contributed by atoms with E-state index in [0.717, 1.165) is 11.6 Å². The van der Waals surface area contributed by atoms with Crippen LogP contribution >= 0.6 is 0 Å². The molecule has 0 N–H and O–H groups in total. The van der Waals surface area contributed by atoms with Gasteiger partial charge in [-0.3, -0.25) is 4.98 Å². The molecule has 1 aliphatic carbocycles. The Bertz CT molecular complexity index is 311. The molecule has 1 fully saturated rings. The van der Waals surface area contributed by atoms with Crippen LogP contribution in [0.3, 0.4) is 0 Å². The molecule has 1 aromatic heterocycles. The Labute approximate surface area is 86.6 Å². The lowest BCUT2D eigenvalue weighted by atomic mass is 9.96. The molecular formula is C13H19N. The minimum atomic E-state index is 0.940. The van der Waals surface area contributed by atoms with Gasteiger partial charge in [-0.1, -0.05) is 25.7 Å². The van der Waals surface area contributed by atoms with Crippen molar-refractivity contribution in [1.82, 2.24) is 4.98 Å². The van der Waals surface area contributed by atoms with Crippen LogP contribution < -0.4 is 0 Å². The lowest BCUT2D eigenvalue weighted by Crippen LogP contribution is -2.01. The normalized spacial score (nSPS) is 17.6. The molecule has 0 spiro atoms. The molecule has 76 valence electrons. The maximum Gasteiger partial charge on any atom is 0.0375 e. The number of aromatic nitrogens is 1. The van der Waals surface area contributed by atoms with Crippen LogP contribution in [0.15, 0.2) is 12.3 Å². The maximum absolute atomic E-state index is 4.31. The molecule has 0 atom stereocenters. The minimum absolute atomic E-state index is 0.940. The van der Waals surface area contributed by atoms with E-state index in [1.165, 1.54) is 43.2 Å². The monoisotopic (exact) mass is 189 g/mol. The average molecular weight is 189 g/mol. The summed E-state index contributed by atoms with van der Waals surface area (Å²) in [5.74, 6) is 0.940. The number of hydrogen-bond acceptors (Lipinski definition) is 1. The van der Waals surface area contributed by atoms with E-state index in [4.69, 9.17) is 0 Å². The van der Waals surface area contributed by atoms with E-state index in [1.54, 1.807) is 0 Å². The van der Waals surface area contributed by atoms with Crippen LogP contribution in [0, 0.1) is 19.8 Å². The first-order valence-corrected chi connectivity index (χ1v) is 5.68. The number of hydrogen-bond donors (Lipinski definition) is 0. The van der Waals surface area contributed by atoms with Gasteiger partial charge < -0.3 is 0 Å². The summed E-state index contributed by atoms with van der Waals surface area (Å²) < 4.78 is 0. The van der Waals surface area contributed by atoms with Gasteiger partial charge in [0.1, 0.15) is 0 Å². The zero-order valence-electron chi connectivity index (χ0n) is 9.21. The van der Waals surface area contributed by atoms with Crippen molar-refractivity contribution in [2.45, 2.75) is 46.0 Å². The highest BCUT2D eigenvalue weighted by atomic mass is 14.7. The molecule has 0 radical (unpaired) electrons. The quantitative estimate of drug-likeness (QED) is 0.694. The van der Waals surface area contributed by atoms with Crippen LogP contribution in [-0.4, -0.2) is 4.98 Å². The zero-order valence-corrected chi connectivity index (χ0v) is 9.21. The van der Waals surface area contributed by atoms with Gasteiger partial charge in [-0.15, -0.1) is 0 Å². The van der Waals surface area contributed by atoms with Crippen molar-refractivity contribution in [3.63, 3.8) is 0 Å². The first kappa shape index (κ1) is 9.70. The highest BCUT2D eigenvalue weighted by molar-refractivity contribution is 5.25. The van der Waals surface area contributed by atoms with Gasteiger partial charge in [0, 0.05) is 11.9 Å². The van der Waals surface area contributed by atoms with Crippen molar-refractivity contribution < 1.29 is 0 Å². The topological polar surface area (TPSA) is 12.9 Å². The maximum atomic E-state index is 4.31. The number of rotatable bonds is 2. The van der Waals surface area contributed by atoms with Gasteiger partial charge in [0.15, 0.2) is 0 Å². The van der Waals surface area contributed by atoms with E-state index < -0.39 is 0 Å². The SMILES string of the molecule is Cc1cc(CC2CCCC2)c(C)cn1. The summed E-state index contributed by atoms with van der Waals surface area (Å²) >= 11 is 0. The molecule has 1 heteroatoms. The third-order valence-corrected chi connectivity index (χ3v) is 3.33. The molecule has 1 saturated carbocycles. The summed E-state index contributed by atoms with van der Waals surface area (Å²) in [4.78, 5) is 4.31. The van der Waals surface area contributed by atoms with Gasteiger partial charge in [0.2, 0.25) is 0 Å². The third kappa shape index (κ3) is 2.14. The van der Waals surface area contributed by atoms with E-state index in [2.05, 4.69) is 24.9 Å². The van der Waals surface area contributed by atoms with Crippen molar-refractivity contribution in [2.24, 2.45) is 5.92 Å². The molecule has 14 heavy (non-hydrogen) atoms. The predicted molar refractivity (Wildman–Crippen MR) is 59.4 cm³/mol. The molecule has 0 bridgehead atoms. The highest BCUT2D eigenvalue weighted by Gasteiger charge is 2.16. The first-order valence-electron chi connectivity index (χ1n) is 5.68. The predicted octanol–water partition coefficient (Wildman–Crippen LogP) is 3.43. The number of nitrogens with zero attached hydrogens (tertiary/aromatic N) is 1. The van der Waals surface area contributed by atoms with Gasteiger partial charge >= 0.3 is 0 Å². The van der Waals surface area contributed by atoms with Crippen LogP contribution in [0.5, 0.6) is 0 Å². The van der Waals surface area contributed by atoms with Crippen molar-refractivity contribution >= 4 is 0 Å². The van der Waals surface area contributed by atoms with Crippen molar-refractivity contribution in [3.05, 3.63) is 29.1 Å². The summed E-state index contributed by atoms with van der Waals surface area (Å²) in [5, 5.41) is 0. The Kier molecular flexibility index (Phi) is 2.85. The van der Waals surface area contributed by atoms with E-state index in [0.29, 0.717) is 0 Å². The molecular weight excluding hydrogens is 170 g/mol. The van der Waals surface area contributed by atoms with Crippen LogP contribution in [0.1, 0.15) is 42.5 Å². The molecule has 0 aromatic carbocycles. The fraction of sp³-hybridized carbons (Fsp3) is 0.615. The summed E-state index contributed by atoms with van der Waals surface area (Å²) in [7, 11) is 0. The van der Waals surface area contributed by atoms with Gasteiger partial charge in [-0.25, -0.2) is 0 Å². The summed E-state index contributed by atoms with van der Waals surface area (Å²) in [6.07, 6.45) is 9.03. The van der Waals surface area contributed by atoms with E-state index in [9.17, 15) is 0 Å². The average Bonchev–Trinajstić information content (AvgIpc) is 2.64. The van der Waals surface area contributed by atoms with Gasteiger partial charge in [0.05, 0.1) is 0 Å². The van der Waals surface area contributed by atoms with Crippen molar-refractivity contribution in [1.29, 1.82) is 0 Å². The van der Waals surface area contributed by atoms with Gasteiger partial charge in [0.25, 0.3) is 0 Å². The van der Waals surface area contributed by atoms with E-state index in [-0.39, 0.29) is 0 Å². The second-order valence-electron chi connectivity index (χ2n) is 4.61. The Balaban J connectivity index is 2.10. The Morgan fingerprint density at radius 1 is 1.29 bits per heavy atom. The Morgan fingerprint density at radius 3 is 2.71 bits per heavy atom. The highest BCUT2D eigenvalue weighted by Crippen LogP contribution is 2.28. The fourth-order valence-electron chi connectivity index (χ4n) is 2.43. The zero-order chi connectivity index (χ0) is 9.97. The summed E-state index contributed by atoms with van der Waals surface area (Å²) in [5.41, 5.74) is 4.04. The molecule has 0 aliphatic heterocycles. The van der Waals surface area contributed by atoms with Crippen LogP contribution in [0.25, 0.3) is 0 Å². The molecule has 1 aromatic rings. The van der Waals surface area contributed by atoms with Crippen LogP contribution in [-0.2, 0) is 6.42 Å². The summed E-state index contributed by atoms with van der Waals surface area (Å²) in [6.45, 7) is 4.26. The van der Waals surface area contributed by atoms with Crippen LogP contribution in [0.4, 0.5) is 0 Å². The van der Waals surface area contributed by atoms with Crippen molar-refractivity contribution in [2.75, 3.05) is 0 Å². The lowest BCUT2D eigenvalue weighted by molar-refractivity contribution is 0.544. The molecule has 0 unspecified atom stereocenters. The van der Waals surface area contributed by atoms with E-state index >= 15 is 0 Å². The molecule has 1 aliphatic rings. The second-order valence-corrected chi connectivity index (χ2v) is 4.61. The standard InChI is InChI=1S/C13H19N/c1-10-9-14-11(2)7-13(10)8-12-5-3-4-6-12/h7,9,12H,3-6,8H2,1-2H3. The van der Waals surface area contributed by atoms with Crippen molar-refractivity contribution in [3.8, 4) is 0 Å². The number of aryl methyl sites for hydroxylation is 2. The second kappa shape index (κ2) is 4.12. The molecule has 0 saturated heterocycles. The Morgan fingerprint density at radius 2 is 2.00 bits per heavy atom. The van der Waals surface area contributed by atoms with Gasteiger partial charge in [-0.2, -0.15) is 0 Å². The number of pyridine rings is 1. The van der Waals surface area contributed by atoms with Crippen LogP contribution in [0.2, 0.25) is 0 Å².